The van der Waals surface area contributed by atoms with E-state index < -0.39 is 0 Å². The van der Waals surface area contributed by atoms with Crippen LogP contribution in [-0.2, 0) is 6.42 Å². The van der Waals surface area contributed by atoms with E-state index in [0.29, 0.717) is 0 Å². The number of likely N-dealkylation sites (N-methyl/N-ethyl adjacent to an activating group) is 1. The molecule has 1 fully saturated rings. The Labute approximate surface area is 111 Å². The van der Waals surface area contributed by atoms with Gasteiger partial charge >= 0.3 is 0 Å². The van der Waals surface area contributed by atoms with E-state index in [2.05, 4.69) is 43.0 Å². The first-order chi connectivity index (χ1) is 8.74. The maximum Gasteiger partial charge on any atom is 0.0424 e. The van der Waals surface area contributed by atoms with Gasteiger partial charge in [-0.05, 0) is 36.9 Å². The lowest BCUT2D eigenvalue weighted by Gasteiger charge is -2.24. The SMILES string of the molecule is CCCc1ccc(C(N)CN(CC)C2CC2)cc1. The van der Waals surface area contributed by atoms with Gasteiger partial charge in [0.1, 0.15) is 0 Å². The molecule has 0 aliphatic heterocycles. The summed E-state index contributed by atoms with van der Waals surface area (Å²) >= 11 is 0. The number of hydrogen-bond acceptors (Lipinski definition) is 2. The summed E-state index contributed by atoms with van der Waals surface area (Å²) in [5.41, 5.74) is 9.01. The minimum atomic E-state index is 0.154. The lowest BCUT2D eigenvalue weighted by atomic mass is 10.0. The van der Waals surface area contributed by atoms with Gasteiger partial charge in [0.15, 0.2) is 0 Å². The van der Waals surface area contributed by atoms with E-state index in [0.717, 1.165) is 19.1 Å². The van der Waals surface area contributed by atoms with E-state index in [1.54, 1.807) is 0 Å². The molecule has 0 bridgehead atoms. The minimum Gasteiger partial charge on any atom is -0.323 e. The fourth-order valence-electron chi connectivity index (χ4n) is 2.55. The highest BCUT2D eigenvalue weighted by Crippen LogP contribution is 2.28. The van der Waals surface area contributed by atoms with Gasteiger partial charge in [-0.1, -0.05) is 44.5 Å². The molecule has 2 nitrogen and oxygen atoms in total. The molecule has 0 amide bonds. The first kappa shape index (κ1) is 13.6. The molecule has 1 atom stereocenters. The zero-order valence-electron chi connectivity index (χ0n) is 11.7. The molecule has 2 N–H and O–H groups in total. The molecule has 100 valence electrons. The van der Waals surface area contributed by atoms with Gasteiger partial charge in [-0.15, -0.1) is 0 Å². The van der Waals surface area contributed by atoms with Crippen LogP contribution in [0, 0.1) is 0 Å². The summed E-state index contributed by atoms with van der Waals surface area (Å²) in [6.07, 6.45) is 5.08. The van der Waals surface area contributed by atoms with Gasteiger partial charge in [-0.3, -0.25) is 4.90 Å². The van der Waals surface area contributed by atoms with Crippen molar-refractivity contribution in [3.63, 3.8) is 0 Å². The molecule has 1 aliphatic carbocycles. The third-order valence-electron chi connectivity index (χ3n) is 3.85. The van der Waals surface area contributed by atoms with E-state index in [9.17, 15) is 0 Å². The van der Waals surface area contributed by atoms with Crippen molar-refractivity contribution in [1.82, 2.24) is 4.90 Å². The Kier molecular flexibility index (Phi) is 4.79. The van der Waals surface area contributed by atoms with Crippen LogP contribution in [-0.4, -0.2) is 24.0 Å². The average Bonchev–Trinajstić information content (AvgIpc) is 3.21. The van der Waals surface area contributed by atoms with Crippen molar-refractivity contribution in [1.29, 1.82) is 0 Å². The predicted octanol–water partition coefficient (Wildman–Crippen LogP) is 3.12. The van der Waals surface area contributed by atoms with Gasteiger partial charge in [0.2, 0.25) is 0 Å². The van der Waals surface area contributed by atoms with E-state index in [1.807, 2.05) is 0 Å². The molecule has 0 radical (unpaired) electrons. The first-order valence-electron chi connectivity index (χ1n) is 7.33. The Morgan fingerprint density at radius 1 is 1.22 bits per heavy atom. The smallest absolute Gasteiger partial charge is 0.0424 e. The van der Waals surface area contributed by atoms with Crippen molar-refractivity contribution >= 4 is 0 Å². The molecule has 1 aliphatic rings. The Hall–Kier alpha value is -0.860. The normalized spacial score (nSPS) is 17.1. The largest absolute Gasteiger partial charge is 0.323 e. The van der Waals surface area contributed by atoms with Crippen LogP contribution < -0.4 is 5.73 Å². The molecule has 0 saturated heterocycles. The average molecular weight is 246 g/mol. The molecular formula is C16H26N2. The van der Waals surface area contributed by atoms with Gasteiger partial charge < -0.3 is 5.73 Å². The summed E-state index contributed by atoms with van der Waals surface area (Å²) in [6, 6.07) is 9.83. The molecule has 0 aromatic heterocycles. The Morgan fingerprint density at radius 2 is 1.89 bits per heavy atom. The Bertz CT molecular complexity index is 354. The zero-order chi connectivity index (χ0) is 13.0. The molecule has 1 saturated carbocycles. The highest BCUT2D eigenvalue weighted by atomic mass is 15.2. The van der Waals surface area contributed by atoms with Crippen molar-refractivity contribution in [2.45, 2.75) is 51.6 Å². The lowest BCUT2D eigenvalue weighted by Crippen LogP contribution is -2.33. The summed E-state index contributed by atoms with van der Waals surface area (Å²) in [6.45, 7) is 6.56. The van der Waals surface area contributed by atoms with Gasteiger partial charge in [0.05, 0.1) is 0 Å². The fourth-order valence-corrected chi connectivity index (χ4v) is 2.55. The maximum atomic E-state index is 6.32. The Morgan fingerprint density at radius 3 is 2.39 bits per heavy atom. The van der Waals surface area contributed by atoms with Crippen LogP contribution >= 0.6 is 0 Å². The lowest BCUT2D eigenvalue weighted by molar-refractivity contribution is 0.260. The molecule has 0 heterocycles. The van der Waals surface area contributed by atoms with Crippen molar-refractivity contribution in [2.75, 3.05) is 13.1 Å². The van der Waals surface area contributed by atoms with E-state index >= 15 is 0 Å². The van der Waals surface area contributed by atoms with Crippen molar-refractivity contribution in [3.05, 3.63) is 35.4 Å². The van der Waals surface area contributed by atoms with E-state index in [-0.39, 0.29) is 6.04 Å². The van der Waals surface area contributed by atoms with Crippen LogP contribution in [0.4, 0.5) is 0 Å². The second-order valence-corrected chi connectivity index (χ2v) is 5.42. The van der Waals surface area contributed by atoms with Gasteiger partial charge in [-0.2, -0.15) is 0 Å². The van der Waals surface area contributed by atoms with Gasteiger partial charge in [0.25, 0.3) is 0 Å². The van der Waals surface area contributed by atoms with Crippen LogP contribution in [0.5, 0.6) is 0 Å². The third kappa shape index (κ3) is 3.56. The molecule has 2 heteroatoms. The summed E-state index contributed by atoms with van der Waals surface area (Å²) in [5.74, 6) is 0. The van der Waals surface area contributed by atoms with Crippen LogP contribution in [0.2, 0.25) is 0 Å². The standard InChI is InChI=1S/C16H26N2/c1-3-5-13-6-8-14(9-7-13)16(17)12-18(4-2)15-10-11-15/h6-9,15-16H,3-5,10-12,17H2,1-2H3. The number of hydrogen-bond donors (Lipinski definition) is 1. The van der Waals surface area contributed by atoms with Crippen LogP contribution in [0.3, 0.4) is 0 Å². The maximum absolute atomic E-state index is 6.32. The molecule has 1 aromatic rings. The molecule has 0 spiro atoms. The quantitative estimate of drug-likeness (QED) is 0.801. The summed E-state index contributed by atoms with van der Waals surface area (Å²) in [7, 11) is 0. The summed E-state index contributed by atoms with van der Waals surface area (Å²) in [4.78, 5) is 2.52. The Balaban J connectivity index is 1.92. The van der Waals surface area contributed by atoms with Gasteiger partial charge in [-0.25, -0.2) is 0 Å². The topological polar surface area (TPSA) is 29.3 Å². The van der Waals surface area contributed by atoms with Crippen molar-refractivity contribution in [3.8, 4) is 0 Å². The first-order valence-corrected chi connectivity index (χ1v) is 7.33. The second kappa shape index (κ2) is 6.35. The highest BCUT2D eigenvalue weighted by Gasteiger charge is 2.28. The van der Waals surface area contributed by atoms with E-state index in [4.69, 9.17) is 5.73 Å². The number of benzene rings is 1. The van der Waals surface area contributed by atoms with Crippen LogP contribution in [0.1, 0.15) is 50.3 Å². The molecule has 2 rings (SSSR count). The zero-order valence-corrected chi connectivity index (χ0v) is 11.7. The number of rotatable bonds is 7. The number of nitrogens with two attached hydrogens (primary N) is 1. The molecule has 1 aromatic carbocycles. The number of nitrogens with zero attached hydrogens (tertiary/aromatic N) is 1. The molecule has 1 unspecified atom stereocenters. The minimum absolute atomic E-state index is 0.154. The predicted molar refractivity (Wildman–Crippen MR) is 77.6 cm³/mol. The second-order valence-electron chi connectivity index (χ2n) is 5.42. The fraction of sp³-hybridized carbons (Fsp3) is 0.625. The van der Waals surface area contributed by atoms with Crippen molar-refractivity contribution < 1.29 is 0 Å². The summed E-state index contributed by atoms with van der Waals surface area (Å²) in [5, 5.41) is 0. The van der Waals surface area contributed by atoms with Crippen LogP contribution in [0.25, 0.3) is 0 Å². The number of aryl methyl sites for hydroxylation is 1. The van der Waals surface area contributed by atoms with Gasteiger partial charge in [0, 0.05) is 18.6 Å². The summed E-state index contributed by atoms with van der Waals surface area (Å²) < 4.78 is 0. The van der Waals surface area contributed by atoms with E-state index in [1.165, 1.54) is 36.8 Å². The third-order valence-corrected chi connectivity index (χ3v) is 3.85. The van der Waals surface area contributed by atoms with Crippen molar-refractivity contribution in [2.24, 2.45) is 5.73 Å². The molecule has 18 heavy (non-hydrogen) atoms. The monoisotopic (exact) mass is 246 g/mol. The molecular weight excluding hydrogens is 220 g/mol. The van der Waals surface area contributed by atoms with Crippen LogP contribution in [0.15, 0.2) is 24.3 Å². The highest BCUT2D eigenvalue weighted by molar-refractivity contribution is 5.25.